The zero-order valence-corrected chi connectivity index (χ0v) is 21.3. The number of carbonyl (C=O) groups is 2. The summed E-state index contributed by atoms with van der Waals surface area (Å²) in [6, 6.07) is 20.0. The number of benzene rings is 3. The van der Waals surface area contributed by atoms with E-state index in [-0.39, 0.29) is 28.2 Å². The number of hydrogen-bond donors (Lipinski definition) is 0. The van der Waals surface area contributed by atoms with Gasteiger partial charge in [-0.3, -0.25) is 14.4 Å². The van der Waals surface area contributed by atoms with Gasteiger partial charge in [-0.25, -0.2) is 0 Å². The SMILES string of the molecule is CCCCN1C(=O)c2oc3ccc(Cl)cc3c(=O)c2C12C(=O)N(Cc1ccccc1C)c1ccccc12. The minimum atomic E-state index is -1.60. The van der Waals surface area contributed by atoms with Crippen LogP contribution in [0.3, 0.4) is 0 Å². The maximum Gasteiger partial charge on any atom is 0.291 e. The highest BCUT2D eigenvalue weighted by atomic mass is 35.5. The molecule has 37 heavy (non-hydrogen) atoms. The summed E-state index contributed by atoms with van der Waals surface area (Å²) >= 11 is 6.22. The van der Waals surface area contributed by atoms with Gasteiger partial charge < -0.3 is 14.2 Å². The number of hydrogen-bond acceptors (Lipinski definition) is 4. The summed E-state index contributed by atoms with van der Waals surface area (Å²) in [6.07, 6.45) is 1.49. The lowest BCUT2D eigenvalue weighted by Gasteiger charge is -2.34. The van der Waals surface area contributed by atoms with Gasteiger partial charge in [0.25, 0.3) is 11.8 Å². The van der Waals surface area contributed by atoms with E-state index in [0.717, 1.165) is 17.5 Å². The average molecular weight is 513 g/mol. The summed E-state index contributed by atoms with van der Waals surface area (Å²) in [5.74, 6) is -0.844. The first-order valence-electron chi connectivity index (χ1n) is 12.4. The molecule has 2 aliphatic heterocycles. The Morgan fingerprint density at radius 1 is 0.973 bits per heavy atom. The number of rotatable bonds is 5. The molecule has 7 heteroatoms. The summed E-state index contributed by atoms with van der Waals surface area (Å²) in [5.41, 5.74) is 1.68. The third kappa shape index (κ3) is 3.22. The fraction of sp³-hybridized carbons (Fsp3) is 0.233. The molecular formula is C30H25ClN2O4. The zero-order chi connectivity index (χ0) is 25.9. The second-order valence-electron chi connectivity index (χ2n) is 9.63. The van der Waals surface area contributed by atoms with Gasteiger partial charge in [-0.15, -0.1) is 0 Å². The highest BCUT2D eigenvalue weighted by molar-refractivity contribution is 6.31. The number of nitrogens with zero attached hydrogens (tertiary/aromatic N) is 2. The highest BCUT2D eigenvalue weighted by Gasteiger charge is 2.64. The first kappa shape index (κ1) is 23.5. The molecule has 0 bridgehead atoms. The van der Waals surface area contributed by atoms with Crippen molar-refractivity contribution in [2.45, 2.75) is 38.8 Å². The fourth-order valence-corrected chi connectivity index (χ4v) is 5.87. The number of amides is 2. The predicted octanol–water partition coefficient (Wildman–Crippen LogP) is 5.80. The Hall–Kier alpha value is -3.90. The summed E-state index contributed by atoms with van der Waals surface area (Å²) in [4.78, 5) is 45.9. The smallest absolute Gasteiger partial charge is 0.291 e. The third-order valence-electron chi connectivity index (χ3n) is 7.52. The lowest BCUT2D eigenvalue weighted by Crippen LogP contribution is -2.53. The second kappa shape index (κ2) is 8.60. The van der Waals surface area contributed by atoms with E-state index in [4.69, 9.17) is 16.0 Å². The van der Waals surface area contributed by atoms with Crippen LogP contribution in [0.15, 0.2) is 75.9 Å². The van der Waals surface area contributed by atoms with Crippen LogP contribution in [0.1, 0.15) is 52.6 Å². The van der Waals surface area contributed by atoms with Crippen LogP contribution in [0.2, 0.25) is 5.02 Å². The van der Waals surface area contributed by atoms with Crippen molar-refractivity contribution in [2.75, 3.05) is 11.4 Å². The molecule has 0 aliphatic carbocycles. The highest BCUT2D eigenvalue weighted by Crippen LogP contribution is 2.53. The molecular weight excluding hydrogens is 488 g/mol. The van der Waals surface area contributed by atoms with Crippen molar-refractivity contribution in [3.05, 3.63) is 110 Å². The van der Waals surface area contributed by atoms with Crippen molar-refractivity contribution in [1.82, 2.24) is 4.90 Å². The van der Waals surface area contributed by atoms with E-state index < -0.39 is 16.9 Å². The molecule has 6 nitrogen and oxygen atoms in total. The standard InChI is InChI=1S/C30H25ClN2O4/c1-3-4-15-33-28(35)27-25(26(34)21-16-20(31)13-14-24(21)37-27)30(33)22-11-7-8-12-23(22)32(29(30)36)17-19-10-6-5-9-18(19)2/h5-14,16H,3-4,15,17H2,1-2H3. The number of aryl methyl sites for hydroxylation is 1. The summed E-state index contributed by atoms with van der Waals surface area (Å²) in [5, 5.41) is 0.624. The van der Waals surface area contributed by atoms with Crippen molar-refractivity contribution in [2.24, 2.45) is 0 Å². The van der Waals surface area contributed by atoms with Crippen LogP contribution in [0.25, 0.3) is 11.0 Å². The van der Waals surface area contributed by atoms with E-state index in [1.165, 1.54) is 6.07 Å². The largest absolute Gasteiger partial charge is 0.450 e. The minimum Gasteiger partial charge on any atom is -0.450 e. The van der Waals surface area contributed by atoms with Gasteiger partial charge in [0.05, 0.1) is 23.2 Å². The van der Waals surface area contributed by atoms with Crippen LogP contribution < -0.4 is 10.3 Å². The Kier molecular flexibility index (Phi) is 5.46. The third-order valence-corrected chi connectivity index (χ3v) is 7.76. The quantitative estimate of drug-likeness (QED) is 0.339. The normalized spacial score (nSPS) is 18.2. The average Bonchev–Trinajstić information content (AvgIpc) is 3.29. The van der Waals surface area contributed by atoms with Crippen molar-refractivity contribution >= 4 is 40.1 Å². The van der Waals surface area contributed by atoms with Gasteiger partial charge in [0.15, 0.2) is 11.0 Å². The minimum absolute atomic E-state index is 0.0724. The Morgan fingerprint density at radius 3 is 2.51 bits per heavy atom. The van der Waals surface area contributed by atoms with Crippen LogP contribution in [-0.4, -0.2) is 23.3 Å². The van der Waals surface area contributed by atoms with Crippen LogP contribution in [0.5, 0.6) is 0 Å². The first-order valence-corrected chi connectivity index (χ1v) is 12.8. The first-order chi connectivity index (χ1) is 17.9. The second-order valence-corrected chi connectivity index (χ2v) is 10.1. The van der Waals surface area contributed by atoms with Crippen LogP contribution >= 0.6 is 11.6 Å². The topological polar surface area (TPSA) is 70.8 Å². The number of anilines is 1. The Balaban J connectivity index is 1.66. The van der Waals surface area contributed by atoms with Gasteiger partial charge in [0.2, 0.25) is 5.76 Å². The molecule has 0 saturated heterocycles. The van der Waals surface area contributed by atoms with Crippen LogP contribution in [0.4, 0.5) is 5.69 Å². The van der Waals surface area contributed by atoms with E-state index in [2.05, 4.69) is 0 Å². The van der Waals surface area contributed by atoms with Gasteiger partial charge in [0.1, 0.15) is 5.58 Å². The van der Waals surface area contributed by atoms with E-state index >= 15 is 0 Å². The van der Waals surface area contributed by atoms with Crippen molar-refractivity contribution in [3.8, 4) is 0 Å². The van der Waals surface area contributed by atoms with Gasteiger partial charge in [-0.1, -0.05) is 67.4 Å². The molecule has 186 valence electrons. The molecule has 6 rings (SSSR count). The van der Waals surface area contributed by atoms with Crippen LogP contribution in [-0.2, 0) is 16.9 Å². The lowest BCUT2D eigenvalue weighted by molar-refractivity contribution is -0.126. The van der Waals surface area contributed by atoms with Crippen LogP contribution in [0, 0.1) is 6.92 Å². The molecule has 3 heterocycles. The Morgan fingerprint density at radius 2 is 1.73 bits per heavy atom. The van der Waals surface area contributed by atoms with Gasteiger partial charge >= 0.3 is 0 Å². The number of unbranched alkanes of at least 4 members (excludes halogenated alkanes) is 1. The van der Waals surface area contributed by atoms with E-state index in [1.54, 1.807) is 21.9 Å². The van der Waals surface area contributed by atoms with Gasteiger partial charge in [-0.2, -0.15) is 0 Å². The van der Waals surface area contributed by atoms with E-state index in [0.29, 0.717) is 35.8 Å². The number of fused-ring (bicyclic) bond motifs is 5. The van der Waals surface area contributed by atoms with Crippen molar-refractivity contribution in [3.63, 3.8) is 0 Å². The molecule has 0 N–H and O–H groups in total. The van der Waals surface area contributed by atoms with E-state index in [1.807, 2.05) is 62.4 Å². The summed E-state index contributed by atoms with van der Waals surface area (Å²) < 4.78 is 6.06. The molecule has 4 aromatic rings. The van der Waals surface area contributed by atoms with Gasteiger partial charge in [-0.05, 0) is 48.7 Å². The number of para-hydroxylation sites is 1. The molecule has 2 amide bonds. The molecule has 3 aromatic carbocycles. The molecule has 0 radical (unpaired) electrons. The molecule has 1 spiro atoms. The predicted molar refractivity (Wildman–Crippen MR) is 143 cm³/mol. The molecule has 2 aliphatic rings. The monoisotopic (exact) mass is 512 g/mol. The van der Waals surface area contributed by atoms with Gasteiger partial charge in [0, 0.05) is 17.1 Å². The molecule has 0 saturated carbocycles. The summed E-state index contributed by atoms with van der Waals surface area (Å²) in [6.45, 7) is 4.66. The Bertz CT molecular complexity index is 1660. The number of carbonyl (C=O) groups excluding carboxylic acids is 2. The maximum atomic E-state index is 14.7. The van der Waals surface area contributed by atoms with E-state index in [9.17, 15) is 14.4 Å². The zero-order valence-electron chi connectivity index (χ0n) is 20.6. The molecule has 1 atom stereocenters. The molecule has 1 unspecified atom stereocenters. The lowest BCUT2D eigenvalue weighted by atomic mass is 9.84. The maximum absolute atomic E-state index is 14.7. The fourth-order valence-electron chi connectivity index (χ4n) is 5.69. The van der Waals surface area contributed by atoms with Crippen molar-refractivity contribution < 1.29 is 14.0 Å². The molecule has 1 aromatic heterocycles. The Labute approximate surface area is 219 Å². The summed E-state index contributed by atoms with van der Waals surface area (Å²) in [7, 11) is 0. The van der Waals surface area contributed by atoms with Crippen molar-refractivity contribution in [1.29, 1.82) is 0 Å². The number of halogens is 1. The molecule has 0 fully saturated rings.